The summed E-state index contributed by atoms with van der Waals surface area (Å²) in [5, 5.41) is 2.91. The van der Waals surface area contributed by atoms with Crippen LogP contribution >= 0.6 is 0 Å². The maximum Gasteiger partial charge on any atom is 0.321 e. The van der Waals surface area contributed by atoms with Crippen LogP contribution in [0.1, 0.15) is 24.9 Å². The van der Waals surface area contributed by atoms with Crippen molar-refractivity contribution in [2.45, 2.75) is 25.4 Å². The Hall–Kier alpha value is -3.46. The zero-order valence-corrected chi connectivity index (χ0v) is 19.0. The van der Waals surface area contributed by atoms with Crippen molar-refractivity contribution in [1.82, 2.24) is 9.80 Å². The molecule has 2 aromatic carbocycles. The van der Waals surface area contributed by atoms with Crippen molar-refractivity contribution in [2.75, 3.05) is 45.3 Å². The lowest BCUT2D eigenvalue weighted by atomic mass is 10.00. The number of nitrogens with one attached hydrogen (secondary N) is 1. The minimum Gasteiger partial charge on any atom is -0.497 e. The third-order valence-electron chi connectivity index (χ3n) is 6.14. The molecule has 9 heteroatoms. The van der Waals surface area contributed by atoms with E-state index >= 15 is 0 Å². The fraction of sp³-hybridized carbons (Fsp3) is 0.417. The van der Waals surface area contributed by atoms with Crippen LogP contribution in [-0.4, -0.2) is 67.7 Å². The van der Waals surface area contributed by atoms with Gasteiger partial charge in [-0.3, -0.25) is 9.69 Å². The van der Waals surface area contributed by atoms with E-state index in [0.29, 0.717) is 38.5 Å². The molecule has 2 aliphatic rings. The third kappa shape index (κ3) is 5.31. The highest BCUT2D eigenvalue weighted by Gasteiger charge is 2.34. The molecule has 0 saturated carbocycles. The molecule has 176 valence electrons. The van der Waals surface area contributed by atoms with E-state index in [1.807, 2.05) is 18.2 Å². The number of rotatable bonds is 6. The van der Waals surface area contributed by atoms with Crippen molar-refractivity contribution in [3.8, 4) is 17.2 Å². The molecule has 0 bridgehead atoms. The van der Waals surface area contributed by atoms with Crippen molar-refractivity contribution in [3.63, 3.8) is 0 Å². The van der Waals surface area contributed by atoms with Gasteiger partial charge in [-0.25, -0.2) is 4.79 Å². The number of urea groups is 1. The Kier molecular flexibility index (Phi) is 6.88. The molecule has 2 atom stereocenters. The summed E-state index contributed by atoms with van der Waals surface area (Å²) in [5.74, 6) is 1.80. The molecule has 2 aliphatic heterocycles. The average Bonchev–Trinajstić information content (AvgIpc) is 2.83. The van der Waals surface area contributed by atoms with Crippen LogP contribution in [0, 0.1) is 0 Å². The Morgan fingerprint density at radius 3 is 2.55 bits per heavy atom. The number of hydrogen-bond acceptors (Lipinski definition) is 6. The quantitative estimate of drug-likeness (QED) is 0.695. The number of fused-ring (bicyclic) bond motifs is 1. The maximum atomic E-state index is 12.9. The number of amides is 3. The van der Waals surface area contributed by atoms with E-state index in [2.05, 4.69) is 17.1 Å². The lowest BCUT2D eigenvalue weighted by Crippen LogP contribution is -2.57. The Balaban J connectivity index is 1.45. The Bertz CT molecular complexity index is 997. The molecule has 9 nitrogen and oxygen atoms in total. The first-order chi connectivity index (χ1) is 15.9. The smallest absolute Gasteiger partial charge is 0.321 e. The number of ether oxygens (including phenoxy) is 3. The topological polar surface area (TPSA) is 106 Å². The number of nitrogens with two attached hydrogens (primary N) is 1. The summed E-state index contributed by atoms with van der Waals surface area (Å²) in [4.78, 5) is 28.7. The van der Waals surface area contributed by atoms with Crippen molar-refractivity contribution < 1.29 is 23.8 Å². The largest absolute Gasteiger partial charge is 0.497 e. The van der Waals surface area contributed by atoms with Crippen molar-refractivity contribution >= 4 is 17.6 Å². The van der Waals surface area contributed by atoms with Gasteiger partial charge in [-0.05, 0) is 48.9 Å². The Labute approximate surface area is 193 Å². The summed E-state index contributed by atoms with van der Waals surface area (Å²) < 4.78 is 16.5. The first kappa shape index (κ1) is 22.7. The number of carbonyl (C=O) groups excluding carboxylic acids is 2. The van der Waals surface area contributed by atoms with Gasteiger partial charge in [-0.2, -0.15) is 0 Å². The summed E-state index contributed by atoms with van der Waals surface area (Å²) in [6.07, 6.45) is 0.168. The second-order valence-electron chi connectivity index (χ2n) is 8.25. The second kappa shape index (κ2) is 9.99. The van der Waals surface area contributed by atoms with Gasteiger partial charge in [0.1, 0.15) is 19.0 Å². The molecule has 0 spiro atoms. The molecular formula is C24H30N4O5. The van der Waals surface area contributed by atoms with Crippen LogP contribution < -0.4 is 25.3 Å². The van der Waals surface area contributed by atoms with E-state index < -0.39 is 5.91 Å². The molecule has 0 aliphatic carbocycles. The molecule has 2 aromatic rings. The van der Waals surface area contributed by atoms with Gasteiger partial charge < -0.3 is 30.2 Å². The number of nitrogens with zero attached hydrogens (tertiary/aromatic N) is 2. The van der Waals surface area contributed by atoms with Crippen molar-refractivity contribution in [1.29, 1.82) is 0 Å². The number of piperazine rings is 1. The van der Waals surface area contributed by atoms with Crippen LogP contribution in [0.15, 0.2) is 42.5 Å². The summed E-state index contributed by atoms with van der Waals surface area (Å²) in [5.41, 5.74) is 7.29. The number of carbonyl (C=O) groups is 2. The maximum absolute atomic E-state index is 12.9. The van der Waals surface area contributed by atoms with Gasteiger partial charge in [0.2, 0.25) is 5.91 Å². The molecular weight excluding hydrogens is 424 g/mol. The van der Waals surface area contributed by atoms with Crippen LogP contribution in [0.2, 0.25) is 0 Å². The zero-order valence-electron chi connectivity index (χ0n) is 19.0. The van der Waals surface area contributed by atoms with Gasteiger partial charge in [0.05, 0.1) is 7.11 Å². The summed E-state index contributed by atoms with van der Waals surface area (Å²) in [6, 6.07) is 12.7. The van der Waals surface area contributed by atoms with Gasteiger partial charge in [0, 0.05) is 43.8 Å². The number of primary amides is 1. The first-order valence-corrected chi connectivity index (χ1v) is 11.1. The fourth-order valence-corrected chi connectivity index (χ4v) is 4.37. The molecule has 0 aromatic heterocycles. The molecule has 3 amide bonds. The van der Waals surface area contributed by atoms with E-state index in [1.165, 1.54) is 0 Å². The number of benzene rings is 2. The van der Waals surface area contributed by atoms with Crippen LogP contribution in [0.25, 0.3) is 0 Å². The van der Waals surface area contributed by atoms with Gasteiger partial charge in [-0.1, -0.05) is 6.07 Å². The monoisotopic (exact) mass is 454 g/mol. The molecule has 4 rings (SSSR count). The van der Waals surface area contributed by atoms with E-state index in [1.54, 1.807) is 36.3 Å². The van der Waals surface area contributed by atoms with Crippen LogP contribution in [0.4, 0.5) is 10.5 Å². The fourth-order valence-electron chi connectivity index (χ4n) is 4.37. The average molecular weight is 455 g/mol. The van der Waals surface area contributed by atoms with Crippen LogP contribution in [0.5, 0.6) is 17.2 Å². The molecule has 2 unspecified atom stereocenters. The summed E-state index contributed by atoms with van der Waals surface area (Å²) in [6.45, 7) is 4.71. The van der Waals surface area contributed by atoms with Gasteiger partial charge in [0.25, 0.3) is 0 Å². The van der Waals surface area contributed by atoms with Gasteiger partial charge >= 0.3 is 6.03 Å². The lowest BCUT2D eigenvalue weighted by Gasteiger charge is -2.44. The van der Waals surface area contributed by atoms with E-state index in [0.717, 1.165) is 22.8 Å². The summed E-state index contributed by atoms with van der Waals surface area (Å²) in [7, 11) is 1.60. The highest BCUT2D eigenvalue weighted by Crippen LogP contribution is 2.35. The Morgan fingerprint density at radius 2 is 1.85 bits per heavy atom. The van der Waals surface area contributed by atoms with E-state index in [-0.39, 0.29) is 24.5 Å². The number of anilines is 1. The summed E-state index contributed by atoms with van der Waals surface area (Å²) >= 11 is 0. The van der Waals surface area contributed by atoms with Gasteiger partial charge in [-0.15, -0.1) is 0 Å². The molecule has 33 heavy (non-hydrogen) atoms. The van der Waals surface area contributed by atoms with Crippen molar-refractivity contribution in [3.05, 3.63) is 48.0 Å². The molecule has 1 fully saturated rings. The predicted molar refractivity (Wildman–Crippen MR) is 124 cm³/mol. The lowest BCUT2D eigenvalue weighted by molar-refractivity contribution is -0.120. The second-order valence-corrected chi connectivity index (χ2v) is 8.25. The van der Waals surface area contributed by atoms with Gasteiger partial charge in [0.15, 0.2) is 11.5 Å². The molecule has 0 radical (unpaired) electrons. The van der Waals surface area contributed by atoms with Crippen LogP contribution in [0.3, 0.4) is 0 Å². The third-order valence-corrected chi connectivity index (χ3v) is 6.14. The van der Waals surface area contributed by atoms with Crippen LogP contribution in [-0.2, 0) is 4.79 Å². The SMILES string of the molecule is COc1ccc(NC(=O)N2CCN(C(C)c3ccc4c(c3)OCCO4)C(CC(N)=O)C2)cc1. The van der Waals surface area contributed by atoms with E-state index in [4.69, 9.17) is 19.9 Å². The molecule has 3 N–H and O–H groups in total. The highest BCUT2D eigenvalue weighted by atomic mass is 16.6. The standard InChI is InChI=1S/C24H30N4O5/c1-16(17-3-8-21-22(13-17)33-12-11-32-21)28-10-9-27(15-19(28)14-23(25)29)24(30)26-18-4-6-20(31-2)7-5-18/h3-8,13,16,19H,9-12,14-15H2,1-2H3,(H2,25,29)(H,26,30). The predicted octanol–water partition coefficient (Wildman–Crippen LogP) is 2.62. The zero-order chi connectivity index (χ0) is 23.4. The Morgan fingerprint density at radius 1 is 1.12 bits per heavy atom. The normalized spacial score (nSPS) is 19.0. The highest BCUT2D eigenvalue weighted by molar-refractivity contribution is 5.89. The van der Waals surface area contributed by atoms with Crippen molar-refractivity contribution in [2.24, 2.45) is 5.73 Å². The number of methoxy groups -OCH3 is 1. The molecule has 2 heterocycles. The van der Waals surface area contributed by atoms with E-state index in [9.17, 15) is 9.59 Å². The minimum atomic E-state index is -0.392. The first-order valence-electron chi connectivity index (χ1n) is 11.1. The molecule has 1 saturated heterocycles. The number of hydrogen-bond donors (Lipinski definition) is 2. The minimum absolute atomic E-state index is 0.0111.